The number of aryl methyl sites for hydroxylation is 1. The highest BCUT2D eigenvalue weighted by atomic mass is 16.3. The van der Waals surface area contributed by atoms with E-state index in [1.807, 2.05) is 13.0 Å². The number of hydrogen-bond acceptors (Lipinski definition) is 3. The van der Waals surface area contributed by atoms with Crippen molar-refractivity contribution in [3.8, 4) is 0 Å². The van der Waals surface area contributed by atoms with Gasteiger partial charge in [0.2, 0.25) is 0 Å². The van der Waals surface area contributed by atoms with Gasteiger partial charge in [-0.25, -0.2) is 0 Å². The molecule has 1 unspecified atom stereocenters. The van der Waals surface area contributed by atoms with Crippen molar-refractivity contribution in [1.82, 2.24) is 4.90 Å². The van der Waals surface area contributed by atoms with Crippen LogP contribution < -0.4 is 5.73 Å². The summed E-state index contributed by atoms with van der Waals surface area (Å²) in [5, 5.41) is 0. The third kappa shape index (κ3) is 4.52. The zero-order chi connectivity index (χ0) is 13.1. The van der Waals surface area contributed by atoms with E-state index < -0.39 is 0 Å². The molecule has 1 atom stereocenters. The Balaban J connectivity index is 2.36. The van der Waals surface area contributed by atoms with Crippen LogP contribution in [0.25, 0.3) is 0 Å². The van der Waals surface area contributed by atoms with Gasteiger partial charge in [-0.05, 0) is 38.4 Å². The summed E-state index contributed by atoms with van der Waals surface area (Å²) in [6, 6.07) is 2.28. The Kier molecular flexibility index (Phi) is 4.78. The van der Waals surface area contributed by atoms with Crippen LogP contribution in [-0.2, 0) is 6.54 Å². The van der Waals surface area contributed by atoms with Gasteiger partial charge in [0.1, 0.15) is 5.76 Å². The second-order valence-corrected chi connectivity index (χ2v) is 6.00. The van der Waals surface area contributed by atoms with Gasteiger partial charge in [-0.2, -0.15) is 0 Å². The van der Waals surface area contributed by atoms with Gasteiger partial charge in [-0.3, -0.25) is 0 Å². The van der Waals surface area contributed by atoms with Crippen LogP contribution in [0.1, 0.15) is 38.5 Å². The van der Waals surface area contributed by atoms with Crippen LogP contribution in [0, 0.1) is 12.3 Å². The first-order chi connectivity index (χ1) is 7.80. The van der Waals surface area contributed by atoms with Crippen LogP contribution in [0.3, 0.4) is 0 Å². The van der Waals surface area contributed by atoms with Crippen molar-refractivity contribution in [2.45, 2.75) is 46.7 Å². The molecule has 1 heterocycles. The SMILES string of the molecule is Cc1occc1CN(C)CCC(N)C(C)(C)C. The Labute approximate surface area is 105 Å². The first-order valence-electron chi connectivity index (χ1n) is 6.28. The van der Waals surface area contributed by atoms with Gasteiger partial charge in [0.05, 0.1) is 6.26 Å². The summed E-state index contributed by atoms with van der Waals surface area (Å²) in [4.78, 5) is 2.30. The molecule has 0 amide bonds. The van der Waals surface area contributed by atoms with E-state index in [0.717, 1.165) is 25.3 Å². The molecule has 1 rings (SSSR count). The van der Waals surface area contributed by atoms with Crippen LogP contribution in [0.2, 0.25) is 0 Å². The zero-order valence-corrected chi connectivity index (χ0v) is 11.8. The Morgan fingerprint density at radius 3 is 2.53 bits per heavy atom. The third-order valence-corrected chi connectivity index (χ3v) is 3.34. The molecule has 0 spiro atoms. The average molecular weight is 238 g/mol. The maximum absolute atomic E-state index is 6.16. The van der Waals surface area contributed by atoms with Crippen LogP contribution in [0.4, 0.5) is 0 Å². The Hall–Kier alpha value is -0.800. The summed E-state index contributed by atoms with van der Waals surface area (Å²) in [7, 11) is 2.13. The fraction of sp³-hybridized carbons (Fsp3) is 0.714. The summed E-state index contributed by atoms with van der Waals surface area (Å²) >= 11 is 0. The van der Waals surface area contributed by atoms with Crippen LogP contribution in [-0.4, -0.2) is 24.5 Å². The summed E-state index contributed by atoms with van der Waals surface area (Å²) in [5.41, 5.74) is 7.60. The van der Waals surface area contributed by atoms with Crippen LogP contribution in [0.15, 0.2) is 16.7 Å². The maximum Gasteiger partial charge on any atom is 0.105 e. The van der Waals surface area contributed by atoms with Gasteiger partial charge < -0.3 is 15.1 Å². The molecule has 0 aliphatic carbocycles. The van der Waals surface area contributed by atoms with Crippen molar-refractivity contribution >= 4 is 0 Å². The molecule has 3 heteroatoms. The van der Waals surface area contributed by atoms with Gasteiger partial charge >= 0.3 is 0 Å². The third-order valence-electron chi connectivity index (χ3n) is 3.34. The number of hydrogen-bond donors (Lipinski definition) is 1. The molecule has 3 nitrogen and oxygen atoms in total. The second kappa shape index (κ2) is 5.69. The Morgan fingerprint density at radius 1 is 1.41 bits per heavy atom. The second-order valence-electron chi connectivity index (χ2n) is 6.00. The highest BCUT2D eigenvalue weighted by molar-refractivity contribution is 5.14. The summed E-state index contributed by atoms with van der Waals surface area (Å²) in [6.07, 6.45) is 2.77. The van der Waals surface area contributed by atoms with E-state index in [-0.39, 0.29) is 11.5 Å². The largest absolute Gasteiger partial charge is 0.469 e. The molecular weight excluding hydrogens is 212 g/mol. The maximum atomic E-state index is 6.16. The molecular formula is C14H26N2O. The predicted molar refractivity (Wildman–Crippen MR) is 71.8 cm³/mol. The highest BCUT2D eigenvalue weighted by Crippen LogP contribution is 2.20. The molecule has 0 saturated heterocycles. The van der Waals surface area contributed by atoms with E-state index in [2.05, 4.69) is 32.7 Å². The monoisotopic (exact) mass is 238 g/mol. The predicted octanol–water partition coefficient (Wildman–Crippen LogP) is 2.78. The molecule has 0 bridgehead atoms. The van der Waals surface area contributed by atoms with Gasteiger partial charge in [0.15, 0.2) is 0 Å². The lowest BCUT2D eigenvalue weighted by molar-refractivity contribution is 0.250. The van der Waals surface area contributed by atoms with Crippen molar-refractivity contribution < 1.29 is 4.42 Å². The molecule has 1 aromatic heterocycles. The van der Waals surface area contributed by atoms with Crippen molar-refractivity contribution in [2.75, 3.05) is 13.6 Å². The normalized spacial score (nSPS) is 14.3. The number of nitrogens with two attached hydrogens (primary N) is 1. The number of furan rings is 1. The summed E-state index contributed by atoms with van der Waals surface area (Å²) < 4.78 is 5.29. The first kappa shape index (κ1) is 14.3. The van der Waals surface area contributed by atoms with E-state index in [9.17, 15) is 0 Å². The van der Waals surface area contributed by atoms with Gasteiger partial charge in [0, 0.05) is 18.2 Å². The van der Waals surface area contributed by atoms with Crippen LogP contribution in [0.5, 0.6) is 0 Å². The van der Waals surface area contributed by atoms with Crippen molar-refractivity contribution in [3.05, 3.63) is 23.7 Å². The molecule has 0 aliphatic rings. The molecule has 0 radical (unpaired) electrons. The lowest BCUT2D eigenvalue weighted by Crippen LogP contribution is -2.37. The fourth-order valence-electron chi connectivity index (χ4n) is 1.74. The van der Waals surface area contributed by atoms with E-state index in [1.54, 1.807) is 6.26 Å². The Morgan fingerprint density at radius 2 is 2.06 bits per heavy atom. The van der Waals surface area contributed by atoms with Crippen molar-refractivity contribution in [3.63, 3.8) is 0 Å². The summed E-state index contributed by atoms with van der Waals surface area (Å²) in [5.74, 6) is 1.01. The van der Waals surface area contributed by atoms with E-state index in [4.69, 9.17) is 10.2 Å². The molecule has 98 valence electrons. The minimum absolute atomic E-state index is 0.187. The van der Waals surface area contributed by atoms with Crippen LogP contribution >= 0.6 is 0 Å². The fourth-order valence-corrected chi connectivity index (χ4v) is 1.74. The van der Waals surface area contributed by atoms with Crippen molar-refractivity contribution in [2.24, 2.45) is 11.1 Å². The lowest BCUT2D eigenvalue weighted by Gasteiger charge is -2.28. The number of rotatable bonds is 5. The van der Waals surface area contributed by atoms with E-state index in [1.165, 1.54) is 5.56 Å². The van der Waals surface area contributed by atoms with Gasteiger partial charge in [-0.1, -0.05) is 20.8 Å². The Bertz CT molecular complexity index is 338. The van der Waals surface area contributed by atoms with E-state index >= 15 is 0 Å². The van der Waals surface area contributed by atoms with Gasteiger partial charge in [-0.15, -0.1) is 0 Å². The quantitative estimate of drug-likeness (QED) is 0.857. The molecule has 0 aromatic carbocycles. The average Bonchev–Trinajstić information content (AvgIpc) is 2.59. The number of nitrogens with zero attached hydrogens (tertiary/aromatic N) is 1. The minimum Gasteiger partial charge on any atom is -0.469 e. The first-order valence-corrected chi connectivity index (χ1v) is 6.28. The molecule has 0 saturated carbocycles. The zero-order valence-electron chi connectivity index (χ0n) is 11.8. The van der Waals surface area contributed by atoms with Gasteiger partial charge in [0.25, 0.3) is 0 Å². The summed E-state index contributed by atoms with van der Waals surface area (Å²) in [6.45, 7) is 10.5. The van der Waals surface area contributed by atoms with Crippen molar-refractivity contribution in [1.29, 1.82) is 0 Å². The minimum atomic E-state index is 0.187. The molecule has 17 heavy (non-hydrogen) atoms. The molecule has 0 aliphatic heterocycles. The topological polar surface area (TPSA) is 42.4 Å². The smallest absolute Gasteiger partial charge is 0.105 e. The highest BCUT2D eigenvalue weighted by Gasteiger charge is 2.20. The standard InChI is InChI=1S/C14H26N2O/c1-11-12(7-9-17-11)10-16(5)8-6-13(15)14(2,3)4/h7,9,13H,6,8,10,15H2,1-5H3. The molecule has 2 N–H and O–H groups in total. The molecule has 0 fully saturated rings. The lowest BCUT2D eigenvalue weighted by atomic mass is 9.85. The van der Waals surface area contributed by atoms with E-state index in [0.29, 0.717) is 0 Å². The molecule has 1 aromatic rings.